The maximum atomic E-state index is 12.9. The summed E-state index contributed by atoms with van der Waals surface area (Å²) in [6.45, 7) is 8.32. The van der Waals surface area contributed by atoms with Crippen molar-refractivity contribution in [1.29, 1.82) is 0 Å². The molecule has 0 aromatic heterocycles. The first-order chi connectivity index (χ1) is 13.8. The number of hydrogen-bond acceptors (Lipinski definition) is 5. The normalized spacial score (nSPS) is 20.3. The fourth-order valence-corrected chi connectivity index (χ4v) is 4.12. The molecule has 0 bridgehead atoms. The smallest absolute Gasteiger partial charge is 0.306 e. The van der Waals surface area contributed by atoms with Crippen molar-refractivity contribution in [2.75, 3.05) is 24.5 Å². The zero-order chi connectivity index (χ0) is 22.8. The number of benzene rings is 1. The molecular weight excluding hydrogens is 429 g/mol. The number of carbonyl (C=O) groups excluding carboxylic acids is 1. The molecule has 1 heterocycles. The van der Waals surface area contributed by atoms with Crippen molar-refractivity contribution in [2.24, 2.45) is 17.6 Å². The first kappa shape index (κ1) is 24.9. The molecule has 0 spiro atoms. The molecule has 0 aliphatic carbocycles. The molecule has 0 saturated carbocycles. The summed E-state index contributed by atoms with van der Waals surface area (Å²) in [5, 5.41) is 20.8. The van der Waals surface area contributed by atoms with E-state index in [1.54, 1.807) is 36.9 Å². The van der Waals surface area contributed by atoms with E-state index in [-0.39, 0.29) is 31.3 Å². The number of amides is 1. The highest BCUT2D eigenvalue weighted by Gasteiger charge is 2.40. The fraction of sp³-hybridized carbons (Fsp3) is 0.619. The number of nitrogens with zero attached hydrogens (tertiary/aromatic N) is 2. The van der Waals surface area contributed by atoms with Gasteiger partial charge in [-0.3, -0.25) is 14.5 Å². The number of halogens is 2. The number of aliphatic hydroxyl groups is 1. The SMILES string of the molecule is CC(C)[C@H](C[C@H](O)[C@@H](N)CN1CC(=O)N(c2cc(Cl)ccc2Cl)CC1(C)C)C(=O)O. The van der Waals surface area contributed by atoms with Crippen LogP contribution in [0.5, 0.6) is 0 Å². The van der Waals surface area contributed by atoms with Crippen LogP contribution in [0.4, 0.5) is 5.69 Å². The van der Waals surface area contributed by atoms with Crippen molar-refractivity contribution in [1.82, 2.24) is 4.90 Å². The van der Waals surface area contributed by atoms with Crippen molar-refractivity contribution >= 4 is 40.8 Å². The van der Waals surface area contributed by atoms with Crippen LogP contribution in [-0.4, -0.2) is 64.3 Å². The maximum Gasteiger partial charge on any atom is 0.306 e. The van der Waals surface area contributed by atoms with Gasteiger partial charge < -0.3 is 20.8 Å². The molecule has 1 aromatic rings. The number of aliphatic carboxylic acids is 1. The van der Waals surface area contributed by atoms with Gasteiger partial charge in [0.2, 0.25) is 5.91 Å². The number of carboxylic acids is 1. The van der Waals surface area contributed by atoms with E-state index in [0.717, 1.165) is 0 Å². The Kier molecular flexibility index (Phi) is 8.15. The first-order valence-corrected chi connectivity index (χ1v) is 10.8. The second-order valence-electron chi connectivity index (χ2n) is 8.92. The second-order valence-corrected chi connectivity index (χ2v) is 9.77. The number of piperazine rings is 1. The number of rotatable bonds is 8. The Labute approximate surface area is 187 Å². The third kappa shape index (κ3) is 5.86. The van der Waals surface area contributed by atoms with Crippen LogP contribution in [0.3, 0.4) is 0 Å². The molecule has 1 fully saturated rings. The molecule has 2 rings (SSSR count). The summed E-state index contributed by atoms with van der Waals surface area (Å²) < 4.78 is 0. The Balaban J connectivity index is 2.10. The Morgan fingerprint density at radius 2 is 1.93 bits per heavy atom. The van der Waals surface area contributed by atoms with Crippen LogP contribution in [-0.2, 0) is 9.59 Å². The van der Waals surface area contributed by atoms with Gasteiger partial charge in [0.25, 0.3) is 0 Å². The predicted molar refractivity (Wildman–Crippen MR) is 119 cm³/mol. The molecule has 1 aromatic carbocycles. The van der Waals surface area contributed by atoms with Gasteiger partial charge in [-0.1, -0.05) is 37.0 Å². The van der Waals surface area contributed by atoms with Crippen LogP contribution in [0.15, 0.2) is 18.2 Å². The summed E-state index contributed by atoms with van der Waals surface area (Å²) in [4.78, 5) is 27.8. The lowest BCUT2D eigenvalue weighted by atomic mass is 9.87. The highest BCUT2D eigenvalue weighted by atomic mass is 35.5. The lowest BCUT2D eigenvalue weighted by Gasteiger charge is -2.48. The highest BCUT2D eigenvalue weighted by Crippen LogP contribution is 2.33. The Morgan fingerprint density at radius 1 is 1.30 bits per heavy atom. The Morgan fingerprint density at radius 3 is 2.50 bits per heavy atom. The minimum atomic E-state index is -0.986. The molecule has 1 aliphatic heterocycles. The molecule has 30 heavy (non-hydrogen) atoms. The second kappa shape index (κ2) is 9.83. The van der Waals surface area contributed by atoms with E-state index < -0.39 is 29.6 Å². The van der Waals surface area contributed by atoms with Crippen LogP contribution in [0, 0.1) is 11.8 Å². The molecule has 0 unspecified atom stereocenters. The first-order valence-electron chi connectivity index (χ1n) is 10.0. The fourth-order valence-electron chi connectivity index (χ4n) is 3.73. The molecule has 168 valence electrons. The van der Waals surface area contributed by atoms with E-state index in [0.29, 0.717) is 22.3 Å². The van der Waals surface area contributed by atoms with E-state index in [1.807, 2.05) is 18.7 Å². The van der Waals surface area contributed by atoms with Gasteiger partial charge in [-0.05, 0) is 44.4 Å². The van der Waals surface area contributed by atoms with Gasteiger partial charge in [0.1, 0.15) is 0 Å². The summed E-state index contributed by atoms with van der Waals surface area (Å²) in [6.07, 6.45) is -0.916. The van der Waals surface area contributed by atoms with Gasteiger partial charge in [-0.15, -0.1) is 0 Å². The standard InChI is InChI=1S/C21H31Cl2N3O4/c1-12(2)14(20(29)30)8-18(27)16(24)9-25-10-19(28)26(11-21(25,3)4)17-7-13(22)5-6-15(17)23/h5-7,12,14,16,18,27H,8-11,24H2,1-4H3,(H,29,30)/t14-,16-,18-/m0/s1. The van der Waals surface area contributed by atoms with Crippen LogP contribution >= 0.6 is 23.2 Å². The number of carboxylic acid groups (broad SMARTS) is 1. The molecule has 7 nitrogen and oxygen atoms in total. The van der Waals surface area contributed by atoms with Gasteiger partial charge in [0, 0.05) is 29.7 Å². The van der Waals surface area contributed by atoms with Gasteiger partial charge >= 0.3 is 5.97 Å². The van der Waals surface area contributed by atoms with Crippen LogP contribution < -0.4 is 10.6 Å². The van der Waals surface area contributed by atoms with Crippen LogP contribution in [0.25, 0.3) is 0 Å². The van der Waals surface area contributed by atoms with E-state index in [4.69, 9.17) is 28.9 Å². The van der Waals surface area contributed by atoms with E-state index in [9.17, 15) is 19.8 Å². The molecule has 1 amide bonds. The topological polar surface area (TPSA) is 107 Å². The Hall–Kier alpha value is -1.38. The van der Waals surface area contributed by atoms with Crippen molar-refractivity contribution in [3.8, 4) is 0 Å². The van der Waals surface area contributed by atoms with E-state index in [1.165, 1.54) is 0 Å². The van der Waals surface area contributed by atoms with Gasteiger partial charge in [0.05, 0.1) is 29.3 Å². The Bertz CT molecular complexity index is 788. The van der Waals surface area contributed by atoms with E-state index in [2.05, 4.69) is 0 Å². The van der Waals surface area contributed by atoms with Crippen LogP contribution in [0.1, 0.15) is 34.1 Å². The molecule has 1 aliphatic rings. The molecule has 0 radical (unpaired) electrons. The highest BCUT2D eigenvalue weighted by molar-refractivity contribution is 6.35. The summed E-state index contributed by atoms with van der Waals surface area (Å²) in [5.74, 6) is -1.89. The van der Waals surface area contributed by atoms with Crippen molar-refractivity contribution in [3.63, 3.8) is 0 Å². The number of anilines is 1. The number of nitrogens with two attached hydrogens (primary N) is 1. The number of hydrogen-bond donors (Lipinski definition) is 3. The molecule has 3 atom stereocenters. The lowest BCUT2D eigenvalue weighted by molar-refractivity contribution is -0.144. The maximum absolute atomic E-state index is 12.9. The molecule has 1 saturated heterocycles. The zero-order valence-electron chi connectivity index (χ0n) is 17.8. The quantitative estimate of drug-likeness (QED) is 0.551. The summed E-state index contributed by atoms with van der Waals surface area (Å²) in [7, 11) is 0. The summed E-state index contributed by atoms with van der Waals surface area (Å²) in [5.41, 5.74) is 6.32. The predicted octanol–water partition coefficient (Wildman–Crippen LogP) is 2.86. The minimum Gasteiger partial charge on any atom is -0.481 e. The molecule has 4 N–H and O–H groups in total. The zero-order valence-corrected chi connectivity index (χ0v) is 19.3. The third-order valence-electron chi connectivity index (χ3n) is 5.77. The third-order valence-corrected chi connectivity index (χ3v) is 6.32. The van der Waals surface area contributed by atoms with Crippen molar-refractivity contribution in [3.05, 3.63) is 28.2 Å². The van der Waals surface area contributed by atoms with Crippen LogP contribution in [0.2, 0.25) is 10.0 Å². The van der Waals surface area contributed by atoms with Gasteiger partial charge in [-0.25, -0.2) is 0 Å². The average molecular weight is 460 g/mol. The summed E-state index contributed by atoms with van der Waals surface area (Å²) >= 11 is 12.4. The average Bonchev–Trinajstić information content (AvgIpc) is 2.63. The van der Waals surface area contributed by atoms with Gasteiger partial charge in [-0.2, -0.15) is 0 Å². The number of carbonyl (C=O) groups is 2. The lowest BCUT2D eigenvalue weighted by Crippen LogP contribution is -2.64. The molecule has 9 heteroatoms. The van der Waals surface area contributed by atoms with Crippen molar-refractivity contribution < 1.29 is 19.8 Å². The van der Waals surface area contributed by atoms with Crippen molar-refractivity contribution in [2.45, 2.75) is 51.8 Å². The van der Waals surface area contributed by atoms with E-state index >= 15 is 0 Å². The minimum absolute atomic E-state index is 0.0701. The molecular formula is C21H31Cl2N3O4. The monoisotopic (exact) mass is 459 g/mol. The van der Waals surface area contributed by atoms with Gasteiger partial charge in [0.15, 0.2) is 0 Å². The largest absolute Gasteiger partial charge is 0.481 e. The number of aliphatic hydroxyl groups excluding tert-OH is 1. The summed E-state index contributed by atoms with van der Waals surface area (Å²) in [6, 6.07) is 4.31.